The third-order valence-corrected chi connectivity index (χ3v) is 2.43. The molecule has 95 valence electrons. The molecular formula is C10H24BN2O2S. The van der Waals surface area contributed by atoms with Crippen molar-refractivity contribution in [1.82, 2.24) is 10.0 Å². The standard InChI is InChI=1S/C10H24BN2O2S/c1-7(2)4-8(3)12-5-9(14)11-10(15)6-13-16/h7-10,12-16H,4-6H2,1-3H3. The predicted octanol–water partition coefficient (Wildman–Crippen LogP) is -0.214. The van der Waals surface area contributed by atoms with Gasteiger partial charge in [0.2, 0.25) is 0 Å². The van der Waals surface area contributed by atoms with Gasteiger partial charge in [-0.3, -0.25) is 4.72 Å². The molecular weight excluding hydrogens is 223 g/mol. The molecule has 0 amide bonds. The second kappa shape index (κ2) is 9.30. The van der Waals surface area contributed by atoms with Crippen LogP contribution in [0.3, 0.4) is 0 Å². The average molecular weight is 247 g/mol. The number of aliphatic hydroxyl groups is 2. The summed E-state index contributed by atoms with van der Waals surface area (Å²) in [6, 6.07) is -0.927. The third kappa shape index (κ3) is 9.48. The SMILES string of the molecule is CC(C)CC(C)NCC(O)[B]C(O)CNS. The summed E-state index contributed by atoms with van der Waals surface area (Å²) in [6.45, 7) is 7.24. The molecule has 4 nitrogen and oxygen atoms in total. The van der Waals surface area contributed by atoms with E-state index in [1.165, 1.54) is 7.28 Å². The molecule has 0 bridgehead atoms. The Morgan fingerprint density at radius 2 is 1.69 bits per heavy atom. The van der Waals surface area contributed by atoms with Crippen molar-refractivity contribution in [2.75, 3.05) is 13.1 Å². The van der Waals surface area contributed by atoms with Crippen LogP contribution in [0.2, 0.25) is 0 Å². The molecule has 0 spiro atoms. The number of nitrogens with one attached hydrogen (secondary N) is 2. The Morgan fingerprint density at radius 1 is 1.12 bits per heavy atom. The molecule has 6 heteroatoms. The minimum absolute atomic E-state index is 0.335. The highest BCUT2D eigenvalue weighted by Crippen LogP contribution is 2.03. The Bertz CT molecular complexity index is 175. The summed E-state index contributed by atoms with van der Waals surface area (Å²) in [7, 11) is 1.50. The smallest absolute Gasteiger partial charge is 0.190 e. The van der Waals surface area contributed by atoms with Crippen LogP contribution in [-0.4, -0.2) is 48.6 Å². The van der Waals surface area contributed by atoms with E-state index < -0.39 is 12.0 Å². The molecule has 0 fully saturated rings. The van der Waals surface area contributed by atoms with Gasteiger partial charge in [0.05, 0.1) is 0 Å². The highest BCUT2D eigenvalue weighted by atomic mass is 32.1. The first-order valence-corrected chi connectivity index (χ1v) is 6.21. The second-order valence-electron chi connectivity index (χ2n) is 4.63. The maximum atomic E-state index is 9.60. The van der Waals surface area contributed by atoms with E-state index in [4.69, 9.17) is 0 Å². The fourth-order valence-corrected chi connectivity index (χ4v) is 1.79. The van der Waals surface area contributed by atoms with Gasteiger partial charge in [-0.25, -0.2) is 0 Å². The van der Waals surface area contributed by atoms with E-state index >= 15 is 0 Å². The fourth-order valence-electron chi connectivity index (χ4n) is 1.60. The molecule has 0 aliphatic carbocycles. The summed E-state index contributed by atoms with van der Waals surface area (Å²) in [6.07, 6.45) is 1.08. The van der Waals surface area contributed by atoms with E-state index in [-0.39, 0.29) is 0 Å². The topological polar surface area (TPSA) is 64.5 Å². The number of hydrogen-bond acceptors (Lipinski definition) is 5. The monoisotopic (exact) mass is 247 g/mol. The van der Waals surface area contributed by atoms with Gasteiger partial charge in [0.1, 0.15) is 0 Å². The van der Waals surface area contributed by atoms with E-state index in [1.807, 2.05) is 0 Å². The normalized spacial score (nSPS) is 17.2. The Morgan fingerprint density at radius 3 is 2.19 bits per heavy atom. The predicted molar refractivity (Wildman–Crippen MR) is 71.7 cm³/mol. The highest BCUT2D eigenvalue weighted by molar-refractivity contribution is 7.78. The van der Waals surface area contributed by atoms with Crippen molar-refractivity contribution >= 4 is 20.1 Å². The maximum Gasteiger partial charge on any atom is 0.190 e. The van der Waals surface area contributed by atoms with Gasteiger partial charge in [-0.2, -0.15) is 0 Å². The zero-order valence-electron chi connectivity index (χ0n) is 10.3. The Labute approximate surface area is 105 Å². The number of thiol groups is 1. The van der Waals surface area contributed by atoms with Gasteiger partial charge in [-0.15, -0.1) is 0 Å². The van der Waals surface area contributed by atoms with Crippen molar-refractivity contribution in [1.29, 1.82) is 0 Å². The molecule has 3 atom stereocenters. The van der Waals surface area contributed by atoms with Crippen molar-refractivity contribution in [3.8, 4) is 0 Å². The molecule has 0 aliphatic heterocycles. The Balaban J connectivity index is 3.59. The fraction of sp³-hybridized carbons (Fsp3) is 1.00. The molecule has 16 heavy (non-hydrogen) atoms. The Hall–Kier alpha value is 0.255. The zero-order valence-corrected chi connectivity index (χ0v) is 11.2. The van der Waals surface area contributed by atoms with Crippen LogP contribution in [0.25, 0.3) is 0 Å². The molecule has 4 N–H and O–H groups in total. The van der Waals surface area contributed by atoms with Crippen LogP contribution in [0.4, 0.5) is 0 Å². The molecule has 0 saturated carbocycles. The van der Waals surface area contributed by atoms with Gasteiger partial charge < -0.3 is 15.5 Å². The summed E-state index contributed by atoms with van der Waals surface area (Å²) in [5.74, 6) is 0.641. The van der Waals surface area contributed by atoms with E-state index in [9.17, 15) is 10.2 Å². The molecule has 0 aliphatic rings. The van der Waals surface area contributed by atoms with E-state index in [2.05, 4.69) is 43.6 Å². The van der Waals surface area contributed by atoms with Crippen molar-refractivity contribution in [2.45, 2.75) is 45.2 Å². The summed E-state index contributed by atoms with van der Waals surface area (Å²) < 4.78 is 2.55. The first kappa shape index (κ1) is 16.3. The molecule has 0 saturated heterocycles. The van der Waals surface area contributed by atoms with E-state index in [1.54, 1.807) is 0 Å². The maximum absolute atomic E-state index is 9.60. The van der Waals surface area contributed by atoms with Crippen LogP contribution in [0.5, 0.6) is 0 Å². The lowest BCUT2D eigenvalue weighted by Crippen LogP contribution is -2.42. The van der Waals surface area contributed by atoms with Gasteiger partial charge >= 0.3 is 0 Å². The lowest BCUT2D eigenvalue weighted by atomic mass is 9.65. The Kier molecular flexibility index (Phi) is 9.45. The summed E-state index contributed by atoms with van der Waals surface area (Å²) in [5, 5.41) is 22.2. The van der Waals surface area contributed by atoms with Gasteiger partial charge in [0.25, 0.3) is 0 Å². The van der Waals surface area contributed by atoms with Gasteiger partial charge in [0.15, 0.2) is 7.28 Å². The second-order valence-corrected chi connectivity index (χ2v) is 4.94. The van der Waals surface area contributed by atoms with Crippen LogP contribution in [0.1, 0.15) is 27.2 Å². The van der Waals surface area contributed by atoms with Crippen LogP contribution >= 0.6 is 12.8 Å². The number of aliphatic hydroxyl groups excluding tert-OH is 2. The van der Waals surface area contributed by atoms with Gasteiger partial charge in [0, 0.05) is 31.1 Å². The third-order valence-electron chi connectivity index (χ3n) is 2.25. The molecule has 1 radical (unpaired) electrons. The molecule has 0 aromatic heterocycles. The quantitative estimate of drug-likeness (QED) is 0.289. The lowest BCUT2D eigenvalue weighted by molar-refractivity contribution is 0.209. The van der Waals surface area contributed by atoms with Crippen LogP contribution in [0.15, 0.2) is 0 Å². The van der Waals surface area contributed by atoms with Crippen LogP contribution < -0.4 is 10.0 Å². The first-order valence-electron chi connectivity index (χ1n) is 5.77. The largest absolute Gasteiger partial charge is 0.401 e. The van der Waals surface area contributed by atoms with Crippen molar-refractivity contribution in [3.63, 3.8) is 0 Å². The molecule has 0 heterocycles. The van der Waals surface area contributed by atoms with Gasteiger partial charge in [-0.1, -0.05) is 26.7 Å². The van der Waals surface area contributed by atoms with Crippen molar-refractivity contribution in [2.24, 2.45) is 5.92 Å². The number of rotatable bonds is 9. The average Bonchev–Trinajstić information content (AvgIpc) is 2.14. The van der Waals surface area contributed by atoms with Crippen molar-refractivity contribution < 1.29 is 10.2 Å². The molecule has 0 aromatic carbocycles. The number of hydrogen-bond donors (Lipinski definition) is 5. The molecule has 0 rings (SSSR count). The van der Waals surface area contributed by atoms with E-state index in [0.29, 0.717) is 25.0 Å². The summed E-state index contributed by atoms with van der Waals surface area (Å²) >= 11 is 3.78. The lowest BCUT2D eigenvalue weighted by Gasteiger charge is -2.19. The summed E-state index contributed by atoms with van der Waals surface area (Å²) in [5.41, 5.74) is 0. The van der Waals surface area contributed by atoms with Crippen LogP contribution in [0, 0.1) is 5.92 Å². The van der Waals surface area contributed by atoms with E-state index in [0.717, 1.165) is 6.42 Å². The molecule has 0 aromatic rings. The minimum atomic E-state index is -0.672. The van der Waals surface area contributed by atoms with Crippen LogP contribution in [-0.2, 0) is 0 Å². The first-order chi connectivity index (χ1) is 7.45. The summed E-state index contributed by atoms with van der Waals surface area (Å²) in [4.78, 5) is 0. The zero-order chi connectivity index (χ0) is 12.6. The molecule has 3 unspecified atom stereocenters. The minimum Gasteiger partial charge on any atom is -0.401 e. The van der Waals surface area contributed by atoms with Gasteiger partial charge in [-0.05, 0) is 19.3 Å². The van der Waals surface area contributed by atoms with Crippen molar-refractivity contribution in [3.05, 3.63) is 0 Å². The highest BCUT2D eigenvalue weighted by Gasteiger charge is 2.14.